The predicted molar refractivity (Wildman–Crippen MR) is 90.1 cm³/mol. The molecule has 0 fully saturated rings. The Labute approximate surface area is 147 Å². The van der Waals surface area contributed by atoms with Crippen LogP contribution >= 0.6 is 0 Å². The lowest BCUT2D eigenvalue weighted by molar-refractivity contribution is -0.384. The van der Waals surface area contributed by atoms with Crippen molar-refractivity contribution in [2.24, 2.45) is 0 Å². The van der Waals surface area contributed by atoms with Gasteiger partial charge in [0, 0.05) is 24.2 Å². The molecule has 1 aliphatic heterocycles. The molecular formula is C16H14N4O6. The van der Waals surface area contributed by atoms with Crippen LogP contribution in [0.25, 0.3) is 0 Å². The zero-order chi connectivity index (χ0) is 18.7. The van der Waals surface area contributed by atoms with Crippen molar-refractivity contribution in [3.8, 4) is 11.5 Å². The van der Waals surface area contributed by atoms with E-state index in [1.807, 2.05) is 0 Å². The molecule has 3 N–H and O–H groups in total. The Kier molecular flexibility index (Phi) is 4.56. The number of nitrogens with zero attached hydrogens (tertiary/aromatic N) is 1. The molecule has 134 valence electrons. The molecule has 0 bridgehead atoms. The number of hydrogen-bond acceptors (Lipinski definition) is 7. The number of ether oxygens (including phenoxy) is 2. The lowest BCUT2D eigenvalue weighted by atomic mass is 10.1. The van der Waals surface area contributed by atoms with E-state index in [-0.39, 0.29) is 29.3 Å². The Hall–Kier alpha value is -3.82. The first-order chi connectivity index (χ1) is 12.5. The highest BCUT2D eigenvalue weighted by Gasteiger charge is 2.19. The summed E-state index contributed by atoms with van der Waals surface area (Å²) in [5.41, 5.74) is 4.77. The number of anilines is 1. The van der Waals surface area contributed by atoms with Crippen molar-refractivity contribution in [1.29, 1.82) is 0 Å². The van der Waals surface area contributed by atoms with E-state index in [0.717, 1.165) is 6.07 Å². The smallest absolute Gasteiger partial charge is 0.293 e. The number of carbonyl (C=O) groups is 2. The standard InChI is InChI=1S/C16H14N4O6/c1-17-11-4-2-9(6-12(11)20(23)24)15(21)18-19-16(22)10-3-5-13-14(7-10)26-8-25-13/h2-7,17H,8H2,1H3,(H,18,21)(H,19,22). The summed E-state index contributed by atoms with van der Waals surface area (Å²) in [5, 5.41) is 13.7. The monoisotopic (exact) mass is 358 g/mol. The highest BCUT2D eigenvalue weighted by atomic mass is 16.7. The van der Waals surface area contributed by atoms with Crippen LogP contribution in [0.1, 0.15) is 20.7 Å². The van der Waals surface area contributed by atoms with Gasteiger partial charge in [-0.2, -0.15) is 0 Å². The summed E-state index contributed by atoms with van der Waals surface area (Å²) in [5.74, 6) is -0.299. The Morgan fingerprint density at radius 2 is 1.62 bits per heavy atom. The van der Waals surface area contributed by atoms with Crippen molar-refractivity contribution in [2.45, 2.75) is 0 Å². The number of nitro groups is 1. The number of benzene rings is 2. The number of hydrazine groups is 1. The molecule has 0 spiro atoms. The van der Waals surface area contributed by atoms with Gasteiger partial charge in [-0.05, 0) is 30.3 Å². The van der Waals surface area contributed by atoms with E-state index in [1.54, 1.807) is 6.07 Å². The fourth-order valence-electron chi connectivity index (χ4n) is 2.33. The van der Waals surface area contributed by atoms with Crippen LogP contribution in [-0.2, 0) is 0 Å². The summed E-state index contributed by atoms with van der Waals surface area (Å²) in [6, 6.07) is 8.51. The number of nitrogens with one attached hydrogen (secondary N) is 3. The normalized spacial score (nSPS) is 11.6. The summed E-state index contributed by atoms with van der Waals surface area (Å²) >= 11 is 0. The lowest BCUT2D eigenvalue weighted by Crippen LogP contribution is -2.41. The van der Waals surface area contributed by atoms with E-state index in [0.29, 0.717) is 11.5 Å². The molecule has 2 aromatic carbocycles. The minimum atomic E-state index is -0.690. The quantitative estimate of drug-likeness (QED) is 0.556. The fourth-order valence-corrected chi connectivity index (χ4v) is 2.33. The van der Waals surface area contributed by atoms with E-state index in [4.69, 9.17) is 9.47 Å². The maximum atomic E-state index is 12.1. The van der Waals surface area contributed by atoms with Gasteiger partial charge in [0.15, 0.2) is 11.5 Å². The summed E-state index contributed by atoms with van der Waals surface area (Å²) < 4.78 is 10.3. The highest BCUT2D eigenvalue weighted by molar-refractivity contribution is 6.00. The molecule has 0 aromatic heterocycles. The molecule has 3 rings (SSSR count). The third kappa shape index (κ3) is 3.34. The van der Waals surface area contributed by atoms with E-state index in [2.05, 4.69) is 16.2 Å². The van der Waals surface area contributed by atoms with Gasteiger partial charge in [0.1, 0.15) is 5.69 Å². The Bertz CT molecular complexity index is 898. The number of nitro benzene ring substituents is 1. The second-order valence-corrected chi connectivity index (χ2v) is 5.22. The van der Waals surface area contributed by atoms with Gasteiger partial charge in [-0.3, -0.25) is 30.6 Å². The van der Waals surface area contributed by atoms with Crippen molar-refractivity contribution in [3.05, 3.63) is 57.6 Å². The lowest BCUT2D eigenvalue weighted by Gasteiger charge is -2.09. The third-order valence-electron chi connectivity index (χ3n) is 3.65. The molecule has 26 heavy (non-hydrogen) atoms. The van der Waals surface area contributed by atoms with Gasteiger partial charge in [0.25, 0.3) is 17.5 Å². The van der Waals surface area contributed by atoms with Crippen molar-refractivity contribution in [3.63, 3.8) is 0 Å². The number of hydrogen-bond donors (Lipinski definition) is 3. The minimum absolute atomic E-state index is 0.0293. The maximum absolute atomic E-state index is 12.1. The highest BCUT2D eigenvalue weighted by Crippen LogP contribution is 2.32. The molecule has 0 saturated heterocycles. The Balaban J connectivity index is 1.68. The van der Waals surface area contributed by atoms with Crippen LogP contribution in [0.5, 0.6) is 11.5 Å². The molecule has 10 nitrogen and oxygen atoms in total. The molecule has 0 aliphatic carbocycles. The van der Waals surface area contributed by atoms with Crippen LogP contribution in [0.4, 0.5) is 11.4 Å². The van der Waals surface area contributed by atoms with Crippen LogP contribution in [0.2, 0.25) is 0 Å². The molecule has 10 heteroatoms. The van der Waals surface area contributed by atoms with Gasteiger partial charge >= 0.3 is 0 Å². The van der Waals surface area contributed by atoms with Crippen molar-refractivity contribution >= 4 is 23.2 Å². The van der Waals surface area contributed by atoms with Crippen LogP contribution in [0.3, 0.4) is 0 Å². The largest absolute Gasteiger partial charge is 0.454 e. The summed E-state index contributed by atoms with van der Waals surface area (Å²) in [7, 11) is 1.54. The number of amides is 2. The first kappa shape index (κ1) is 17.0. The van der Waals surface area contributed by atoms with Crippen molar-refractivity contribution in [2.75, 3.05) is 19.2 Å². The first-order valence-corrected chi connectivity index (χ1v) is 7.46. The second-order valence-electron chi connectivity index (χ2n) is 5.22. The average molecular weight is 358 g/mol. The molecule has 1 aliphatic rings. The summed E-state index contributed by atoms with van der Waals surface area (Å²) in [4.78, 5) is 34.7. The summed E-state index contributed by atoms with van der Waals surface area (Å²) in [6.45, 7) is 0.0819. The average Bonchev–Trinajstić information content (AvgIpc) is 3.12. The van der Waals surface area contributed by atoms with Crippen LogP contribution in [0.15, 0.2) is 36.4 Å². The topological polar surface area (TPSA) is 132 Å². The van der Waals surface area contributed by atoms with Gasteiger partial charge in [-0.1, -0.05) is 0 Å². The molecule has 0 unspecified atom stereocenters. The fraction of sp³-hybridized carbons (Fsp3) is 0.125. The van der Waals surface area contributed by atoms with Gasteiger partial charge in [0.05, 0.1) is 4.92 Å². The zero-order valence-electron chi connectivity index (χ0n) is 13.6. The first-order valence-electron chi connectivity index (χ1n) is 7.46. The van der Waals surface area contributed by atoms with Crippen LogP contribution in [0, 0.1) is 10.1 Å². The van der Waals surface area contributed by atoms with Gasteiger partial charge in [-0.15, -0.1) is 0 Å². The third-order valence-corrected chi connectivity index (χ3v) is 3.65. The summed E-state index contributed by atoms with van der Waals surface area (Å²) in [6.07, 6.45) is 0. The predicted octanol–water partition coefficient (Wildman–Crippen LogP) is 1.44. The second kappa shape index (κ2) is 6.97. The van der Waals surface area contributed by atoms with E-state index < -0.39 is 16.7 Å². The molecule has 2 aromatic rings. The molecule has 0 radical (unpaired) electrons. The van der Waals surface area contributed by atoms with E-state index >= 15 is 0 Å². The van der Waals surface area contributed by atoms with Crippen LogP contribution in [-0.4, -0.2) is 30.6 Å². The maximum Gasteiger partial charge on any atom is 0.293 e. The van der Waals surface area contributed by atoms with Crippen LogP contribution < -0.4 is 25.6 Å². The number of fused-ring (bicyclic) bond motifs is 1. The zero-order valence-corrected chi connectivity index (χ0v) is 13.6. The number of carbonyl (C=O) groups excluding carboxylic acids is 2. The molecular weight excluding hydrogens is 344 g/mol. The van der Waals surface area contributed by atoms with Gasteiger partial charge < -0.3 is 14.8 Å². The molecule has 0 atom stereocenters. The molecule has 1 heterocycles. The minimum Gasteiger partial charge on any atom is -0.454 e. The van der Waals surface area contributed by atoms with Crippen molar-refractivity contribution < 1.29 is 24.0 Å². The number of rotatable bonds is 4. The van der Waals surface area contributed by atoms with E-state index in [9.17, 15) is 19.7 Å². The molecule has 0 saturated carbocycles. The van der Waals surface area contributed by atoms with E-state index in [1.165, 1.54) is 31.3 Å². The Morgan fingerprint density at radius 3 is 2.27 bits per heavy atom. The Morgan fingerprint density at radius 1 is 1.00 bits per heavy atom. The van der Waals surface area contributed by atoms with Gasteiger partial charge in [-0.25, -0.2) is 0 Å². The molecule has 2 amide bonds. The van der Waals surface area contributed by atoms with Gasteiger partial charge in [0.2, 0.25) is 6.79 Å². The van der Waals surface area contributed by atoms with Crippen molar-refractivity contribution in [1.82, 2.24) is 10.9 Å². The SMILES string of the molecule is CNc1ccc(C(=O)NNC(=O)c2ccc3c(c2)OCO3)cc1[N+](=O)[O-].